The Bertz CT molecular complexity index is 443. The molecule has 0 saturated heterocycles. The first kappa shape index (κ1) is 14.0. The van der Waals surface area contributed by atoms with Gasteiger partial charge in [-0.1, -0.05) is 62.5 Å². The lowest BCUT2D eigenvalue weighted by molar-refractivity contribution is 0.131. The molecule has 0 N–H and O–H groups in total. The molecule has 0 fully saturated rings. The van der Waals surface area contributed by atoms with Crippen LogP contribution in [0.25, 0.3) is 0 Å². The topological polar surface area (TPSA) is 9.23 Å². The first-order chi connectivity index (χ1) is 9.36. The van der Waals surface area contributed by atoms with Gasteiger partial charge < -0.3 is 4.74 Å². The smallest absolute Gasteiger partial charge is 0.111 e. The van der Waals surface area contributed by atoms with Crippen LogP contribution in [0.2, 0.25) is 0 Å². The SMILES string of the molecule is CCCCC#CC1=C(C#CCCCC)C2C=CC1O2. The molecule has 2 aliphatic heterocycles. The van der Waals surface area contributed by atoms with Gasteiger partial charge in [-0.3, -0.25) is 0 Å². The second-order valence-electron chi connectivity index (χ2n) is 5.00. The third kappa shape index (κ3) is 3.52. The highest BCUT2D eigenvalue weighted by Crippen LogP contribution is 2.33. The van der Waals surface area contributed by atoms with E-state index in [0.717, 1.165) is 24.0 Å². The number of unbranched alkanes of at least 4 members (excludes halogenated alkanes) is 4. The lowest BCUT2D eigenvalue weighted by Crippen LogP contribution is -2.01. The Morgan fingerprint density at radius 2 is 1.37 bits per heavy atom. The Morgan fingerprint density at radius 1 is 0.895 bits per heavy atom. The van der Waals surface area contributed by atoms with Crippen LogP contribution < -0.4 is 0 Å². The average molecular weight is 254 g/mol. The van der Waals surface area contributed by atoms with Crippen molar-refractivity contribution in [3.05, 3.63) is 23.3 Å². The molecule has 0 aromatic rings. The Kier molecular flexibility index (Phi) is 5.31. The third-order valence-electron chi connectivity index (χ3n) is 3.37. The number of hydrogen-bond acceptors (Lipinski definition) is 1. The monoisotopic (exact) mass is 254 g/mol. The van der Waals surface area contributed by atoms with Gasteiger partial charge in [0, 0.05) is 24.0 Å². The predicted molar refractivity (Wildman–Crippen MR) is 79.4 cm³/mol. The molecule has 2 atom stereocenters. The summed E-state index contributed by atoms with van der Waals surface area (Å²) in [5.41, 5.74) is 2.21. The van der Waals surface area contributed by atoms with E-state index in [-0.39, 0.29) is 12.2 Å². The van der Waals surface area contributed by atoms with Gasteiger partial charge in [0.15, 0.2) is 0 Å². The van der Waals surface area contributed by atoms with Gasteiger partial charge in [-0.15, -0.1) is 0 Å². The van der Waals surface area contributed by atoms with Crippen molar-refractivity contribution in [3.63, 3.8) is 0 Å². The molecular formula is C18H22O. The minimum Gasteiger partial charge on any atom is -0.356 e. The maximum atomic E-state index is 5.82. The molecule has 0 amide bonds. The average Bonchev–Trinajstić information content (AvgIpc) is 3.01. The largest absolute Gasteiger partial charge is 0.356 e. The molecule has 0 spiro atoms. The summed E-state index contributed by atoms with van der Waals surface area (Å²) in [7, 11) is 0. The quantitative estimate of drug-likeness (QED) is 0.418. The van der Waals surface area contributed by atoms with Gasteiger partial charge in [-0.05, 0) is 12.8 Å². The van der Waals surface area contributed by atoms with Gasteiger partial charge in [0.1, 0.15) is 12.2 Å². The van der Waals surface area contributed by atoms with E-state index in [4.69, 9.17) is 4.74 Å². The molecule has 0 saturated carbocycles. The fourth-order valence-corrected chi connectivity index (χ4v) is 2.21. The van der Waals surface area contributed by atoms with E-state index in [1.807, 2.05) is 0 Å². The zero-order valence-corrected chi connectivity index (χ0v) is 12.0. The van der Waals surface area contributed by atoms with Crippen LogP contribution in [0.1, 0.15) is 52.4 Å². The summed E-state index contributed by atoms with van der Waals surface area (Å²) >= 11 is 0. The van der Waals surface area contributed by atoms with Gasteiger partial charge >= 0.3 is 0 Å². The highest BCUT2D eigenvalue weighted by Gasteiger charge is 2.34. The Hall–Kier alpha value is -1.44. The van der Waals surface area contributed by atoms with E-state index in [2.05, 4.69) is 49.7 Å². The van der Waals surface area contributed by atoms with Crippen LogP contribution in [-0.2, 0) is 4.74 Å². The van der Waals surface area contributed by atoms with Crippen LogP contribution in [0, 0.1) is 23.7 Å². The van der Waals surface area contributed by atoms with E-state index in [1.54, 1.807) is 0 Å². The summed E-state index contributed by atoms with van der Waals surface area (Å²) in [4.78, 5) is 0. The van der Waals surface area contributed by atoms with Crippen LogP contribution in [0.3, 0.4) is 0 Å². The second-order valence-corrected chi connectivity index (χ2v) is 5.00. The normalized spacial score (nSPS) is 23.1. The zero-order valence-electron chi connectivity index (χ0n) is 12.0. The summed E-state index contributed by atoms with van der Waals surface area (Å²) in [5.74, 6) is 13.1. The minimum atomic E-state index is 0.0644. The van der Waals surface area contributed by atoms with Crippen LogP contribution in [0.15, 0.2) is 23.3 Å². The molecule has 19 heavy (non-hydrogen) atoms. The fraction of sp³-hybridized carbons (Fsp3) is 0.556. The summed E-state index contributed by atoms with van der Waals surface area (Å²) in [6.07, 6.45) is 11.0. The molecule has 0 aromatic carbocycles. The van der Waals surface area contributed by atoms with Crippen molar-refractivity contribution in [2.45, 2.75) is 64.6 Å². The minimum absolute atomic E-state index is 0.0644. The maximum Gasteiger partial charge on any atom is 0.111 e. The van der Waals surface area contributed by atoms with Crippen molar-refractivity contribution in [3.8, 4) is 23.7 Å². The molecule has 2 heterocycles. The molecule has 2 unspecified atom stereocenters. The van der Waals surface area contributed by atoms with E-state index in [9.17, 15) is 0 Å². The van der Waals surface area contributed by atoms with Crippen LogP contribution in [-0.4, -0.2) is 12.2 Å². The molecule has 0 aliphatic carbocycles. The molecule has 1 heteroatoms. The van der Waals surface area contributed by atoms with Crippen LogP contribution in [0.5, 0.6) is 0 Å². The molecule has 0 aromatic heterocycles. The first-order valence-electron chi connectivity index (χ1n) is 7.42. The first-order valence-corrected chi connectivity index (χ1v) is 7.42. The fourth-order valence-electron chi connectivity index (χ4n) is 2.21. The zero-order chi connectivity index (χ0) is 13.5. The van der Waals surface area contributed by atoms with Gasteiger partial charge in [-0.2, -0.15) is 0 Å². The number of hydrogen-bond donors (Lipinski definition) is 0. The lowest BCUT2D eigenvalue weighted by Gasteiger charge is -2.01. The van der Waals surface area contributed by atoms with E-state index in [0.29, 0.717) is 0 Å². The van der Waals surface area contributed by atoms with Gasteiger partial charge in [0.2, 0.25) is 0 Å². The van der Waals surface area contributed by atoms with Gasteiger partial charge in [0.25, 0.3) is 0 Å². The molecule has 2 bridgehead atoms. The molecule has 1 nitrogen and oxygen atoms in total. The maximum absolute atomic E-state index is 5.82. The van der Waals surface area contributed by atoms with Crippen molar-refractivity contribution < 1.29 is 4.74 Å². The number of fused-ring (bicyclic) bond motifs is 2. The van der Waals surface area contributed by atoms with E-state index < -0.39 is 0 Å². The molecule has 0 radical (unpaired) electrons. The summed E-state index contributed by atoms with van der Waals surface area (Å²) in [6.45, 7) is 4.38. The van der Waals surface area contributed by atoms with E-state index >= 15 is 0 Å². The molecular weight excluding hydrogens is 232 g/mol. The summed E-state index contributed by atoms with van der Waals surface area (Å²) < 4.78 is 5.82. The Morgan fingerprint density at radius 3 is 1.79 bits per heavy atom. The Balaban J connectivity index is 2.06. The van der Waals surface area contributed by atoms with Crippen molar-refractivity contribution in [2.75, 3.05) is 0 Å². The van der Waals surface area contributed by atoms with Crippen molar-refractivity contribution in [2.24, 2.45) is 0 Å². The second kappa shape index (κ2) is 7.22. The van der Waals surface area contributed by atoms with Crippen molar-refractivity contribution >= 4 is 0 Å². The Labute approximate surface area is 117 Å². The molecule has 2 aliphatic rings. The molecule has 2 rings (SSSR count). The standard InChI is InChI=1S/C18H22O/c1-3-5-7-9-11-15-16(12-10-8-6-4-2)18-14-13-17(15)19-18/h13-14,17-18H,3-8H2,1-2H3. The van der Waals surface area contributed by atoms with Crippen molar-refractivity contribution in [1.29, 1.82) is 0 Å². The van der Waals surface area contributed by atoms with Gasteiger partial charge in [-0.25, -0.2) is 0 Å². The molecule has 100 valence electrons. The van der Waals surface area contributed by atoms with Gasteiger partial charge in [0.05, 0.1) is 0 Å². The van der Waals surface area contributed by atoms with Crippen molar-refractivity contribution in [1.82, 2.24) is 0 Å². The lowest BCUT2D eigenvalue weighted by atomic mass is 9.97. The predicted octanol–water partition coefficient (Wildman–Crippen LogP) is 4.01. The summed E-state index contributed by atoms with van der Waals surface area (Å²) in [5, 5.41) is 0. The van der Waals surface area contributed by atoms with E-state index in [1.165, 1.54) is 25.7 Å². The summed E-state index contributed by atoms with van der Waals surface area (Å²) in [6, 6.07) is 0. The number of rotatable bonds is 4. The van der Waals surface area contributed by atoms with Crippen LogP contribution in [0.4, 0.5) is 0 Å². The van der Waals surface area contributed by atoms with Crippen LogP contribution >= 0.6 is 0 Å². The highest BCUT2D eigenvalue weighted by atomic mass is 16.5. The third-order valence-corrected chi connectivity index (χ3v) is 3.37. The number of ether oxygens (including phenoxy) is 1. The highest BCUT2D eigenvalue weighted by molar-refractivity contribution is 5.56.